The molecule has 0 atom stereocenters. The lowest BCUT2D eigenvalue weighted by Gasteiger charge is -2.07. The molecule has 0 bridgehead atoms. The summed E-state index contributed by atoms with van der Waals surface area (Å²) >= 11 is 5.94. The van der Waals surface area contributed by atoms with Gasteiger partial charge in [0, 0.05) is 17.6 Å². The molecule has 0 spiro atoms. The van der Waals surface area contributed by atoms with Crippen LogP contribution in [0.3, 0.4) is 0 Å². The number of aromatic nitrogens is 1. The van der Waals surface area contributed by atoms with E-state index in [4.69, 9.17) is 16.3 Å². The second kappa shape index (κ2) is 5.80. The Morgan fingerprint density at radius 3 is 2.95 bits per heavy atom. The number of carbonyl (C=O) groups excluding carboxylic acids is 1. The summed E-state index contributed by atoms with van der Waals surface area (Å²) in [6.45, 7) is 0. The highest BCUT2D eigenvalue weighted by Crippen LogP contribution is 2.22. The van der Waals surface area contributed by atoms with E-state index in [2.05, 4.69) is 4.98 Å². The number of halogens is 2. The summed E-state index contributed by atoms with van der Waals surface area (Å²) in [7, 11) is 1.46. The number of rotatable bonds is 4. The molecular weight excluding hydrogens is 269 g/mol. The lowest BCUT2D eigenvalue weighted by atomic mass is 10.0. The fourth-order valence-electron chi connectivity index (χ4n) is 1.72. The predicted molar refractivity (Wildman–Crippen MR) is 70.2 cm³/mol. The lowest BCUT2D eigenvalue weighted by Crippen LogP contribution is -2.06. The quantitative estimate of drug-likeness (QED) is 0.806. The van der Waals surface area contributed by atoms with Crippen molar-refractivity contribution < 1.29 is 13.9 Å². The molecule has 0 aliphatic heterocycles. The van der Waals surface area contributed by atoms with Crippen LogP contribution in [0.25, 0.3) is 0 Å². The number of carbonyl (C=O) groups is 1. The predicted octanol–water partition coefficient (Wildman–Crippen LogP) is 3.31. The molecule has 0 N–H and O–H groups in total. The van der Waals surface area contributed by atoms with Gasteiger partial charge in [0.1, 0.15) is 11.6 Å². The van der Waals surface area contributed by atoms with Gasteiger partial charge in [0.05, 0.1) is 18.9 Å². The molecule has 98 valence electrons. The van der Waals surface area contributed by atoms with Crippen molar-refractivity contribution in [2.24, 2.45) is 0 Å². The average molecular weight is 280 g/mol. The van der Waals surface area contributed by atoms with E-state index in [1.54, 1.807) is 6.07 Å². The molecule has 0 saturated carbocycles. The van der Waals surface area contributed by atoms with Crippen LogP contribution in [-0.4, -0.2) is 17.9 Å². The molecule has 2 rings (SSSR count). The number of benzene rings is 1. The first-order valence-corrected chi connectivity index (χ1v) is 5.94. The number of methoxy groups -OCH3 is 1. The SMILES string of the molecule is COc1cnccc1C(=O)Cc1cc(F)ccc1Cl. The number of nitrogens with zero attached hydrogens (tertiary/aromatic N) is 1. The molecule has 0 fully saturated rings. The van der Waals surface area contributed by atoms with E-state index in [0.717, 1.165) is 0 Å². The van der Waals surface area contributed by atoms with Gasteiger partial charge in [-0.05, 0) is 29.8 Å². The number of Topliss-reactive ketones (excluding diaryl/α,β-unsaturated/α-hetero) is 1. The molecule has 3 nitrogen and oxygen atoms in total. The average Bonchev–Trinajstić information content (AvgIpc) is 2.42. The van der Waals surface area contributed by atoms with Crippen molar-refractivity contribution in [1.82, 2.24) is 4.98 Å². The molecule has 0 saturated heterocycles. The summed E-state index contributed by atoms with van der Waals surface area (Å²) < 4.78 is 18.2. The van der Waals surface area contributed by atoms with E-state index in [-0.39, 0.29) is 12.2 Å². The molecule has 0 amide bonds. The summed E-state index contributed by atoms with van der Waals surface area (Å²) in [6.07, 6.45) is 2.97. The van der Waals surface area contributed by atoms with Crippen LogP contribution >= 0.6 is 11.6 Å². The van der Waals surface area contributed by atoms with Crippen LogP contribution in [0.1, 0.15) is 15.9 Å². The Bertz CT molecular complexity index is 616. The molecular formula is C14H11ClFNO2. The summed E-state index contributed by atoms with van der Waals surface area (Å²) in [4.78, 5) is 16.0. The van der Waals surface area contributed by atoms with E-state index < -0.39 is 5.82 Å². The van der Waals surface area contributed by atoms with Crippen molar-refractivity contribution in [2.75, 3.05) is 7.11 Å². The summed E-state index contributed by atoms with van der Waals surface area (Å²) in [5.74, 6) is -0.235. The highest BCUT2D eigenvalue weighted by atomic mass is 35.5. The first kappa shape index (κ1) is 13.5. The molecule has 1 aromatic carbocycles. The van der Waals surface area contributed by atoms with Gasteiger partial charge in [0.15, 0.2) is 5.78 Å². The maximum Gasteiger partial charge on any atom is 0.171 e. The Balaban J connectivity index is 2.28. The number of hydrogen-bond donors (Lipinski definition) is 0. The van der Waals surface area contributed by atoms with Crippen LogP contribution in [0, 0.1) is 5.82 Å². The molecule has 1 aromatic heterocycles. The summed E-state index contributed by atoms with van der Waals surface area (Å²) in [5.41, 5.74) is 0.850. The second-order valence-electron chi connectivity index (χ2n) is 3.91. The first-order valence-electron chi connectivity index (χ1n) is 5.57. The van der Waals surface area contributed by atoms with Gasteiger partial charge in [-0.3, -0.25) is 9.78 Å². The number of ether oxygens (including phenoxy) is 1. The smallest absolute Gasteiger partial charge is 0.171 e. The third-order valence-electron chi connectivity index (χ3n) is 2.66. The zero-order chi connectivity index (χ0) is 13.8. The Kier molecular flexibility index (Phi) is 4.12. The maximum atomic E-state index is 13.1. The summed E-state index contributed by atoms with van der Waals surface area (Å²) in [5, 5.41) is 0.364. The highest BCUT2D eigenvalue weighted by molar-refractivity contribution is 6.31. The zero-order valence-electron chi connectivity index (χ0n) is 10.2. The van der Waals surface area contributed by atoms with Gasteiger partial charge in [-0.25, -0.2) is 4.39 Å². The van der Waals surface area contributed by atoms with Gasteiger partial charge in [0.25, 0.3) is 0 Å². The van der Waals surface area contributed by atoms with E-state index >= 15 is 0 Å². The molecule has 0 aliphatic rings. The van der Waals surface area contributed by atoms with Crippen molar-refractivity contribution in [3.8, 4) is 5.75 Å². The van der Waals surface area contributed by atoms with Crippen LogP contribution < -0.4 is 4.74 Å². The van der Waals surface area contributed by atoms with Crippen molar-refractivity contribution in [2.45, 2.75) is 6.42 Å². The van der Waals surface area contributed by atoms with Gasteiger partial charge in [-0.15, -0.1) is 0 Å². The number of hydrogen-bond acceptors (Lipinski definition) is 3. The number of ketones is 1. The molecule has 0 radical (unpaired) electrons. The van der Waals surface area contributed by atoms with Crippen LogP contribution in [0.5, 0.6) is 5.75 Å². The minimum absolute atomic E-state index is 0.0109. The van der Waals surface area contributed by atoms with Crippen LogP contribution in [-0.2, 0) is 6.42 Å². The normalized spacial score (nSPS) is 10.3. The highest BCUT2D eigenvalue weighted by Gasteiger charge is 2.14. The van der Waals surface area contributed by atoms with E-state index in [9.17, 15) is 9.18 Å². The Morgan fingerprint density at radius 1 is 1.42 bits per heavy atom. The van der Waals surface area contributed by atoms with Crippen LogP contribution in [0.4, 0.5) is 4.39 Å². The van der Waals surface area contributed by atoms with Crippen LogP contribution in [0.2, 0.25) is 5.02 Å². The van der Waals surface area contributed by atoms with Gasteiger partial charge in [-0.1, -0.05) is 11.6 Å². The van der Waals surface area contributed by atoms with E-state index in [0.29, 0.717) is 21.9 Å². The number of pyridine rings is 1. The van der Waals surface area contributed by atoms with Gasteiger partial charge >= 0.3 is 0 Å². The Labute approximate surface area is 115 Å². The molecule has 1 heterocycles. The lowest BCUT2D eigenvalue weighted by molar-refractivity contribution is 0.0990. The minimum Gasteiger partial charge on any atom is -0.494 e. The Hall–Kier alpha value is -1.94. The molecule has 0 unspecified atom stereocenters. The first-order chi connectivity index (χ1) is 9.11. The molecule has 5 heteroatoms. The molecule has 19 heavy (non-hydrogen) atoms. The van der Waals surface area contributed by atoms with Crippen molar-refractivity contribution in [3.63, 3.8) is 0 Å². The van der Waals surface area contributed by atoms with Crippen molar-refractivity contribution in [3.05, 3.63) is 58.6 Å². The molecule has 2 aromatic rings. The third kappa shape index (κ3) is 3.09. The van der Waals surface area contributed by atoms with E-state index in [1.165, 1.54) is 37.7 Å². The van der Waals surface area contributed by atoms with Crippen molar-refractivity contribution >= 4 is 17.4 Å². The fraction of sp³-hybridized carbons (Fsp3) is 0.143. The second-order valence-corrected chi connectivity index (χ2v) is 4.32. The minimum atomic E-state index is -0.422. The van der Waals surface area contributed by atoms with Crippen LogP contribution in [0.15, 0.2) is 36.7 Å². The fourth-order valence-corrected chi connectivity index (χ4v) is 1.90. The van der Waals surface area contributed by atoms with Crippen molar-refractivity contribution in [1.29, 1.82) is 0 Å². The maximum absolute atomic E-state index is 13.1. The summed E-state index contributed by atoms with van der Waals surface area (Å²) in [6, 6.07) is 5.51. The topological polar surface area (TPSA) is 39.2 Å². The van der Waals surface area contributed by atoms with Gasteiger partial charge in [-0.2, -0.15) is 0 Å². The van der Waals surface area contributed by atoms with E-state index in [1.807, 2.05) is 0 Å². The third-order valence-corrected chi connectivity index (χ3v) is 3.03. The Morgan fingerprint density at radius 2 is 2.21 bits per heavy atom. The monoisotopic (exact) mass is 279 g/mol. The zero-order valence-corrected chi connectivity index (χ0v) is 10.9. The largest absolute Gasteiger partial charge is 0.494 e. The van der Waals surface area contributed by atoms with Gasteiger partial charge in [0.2, 0.25) is 0 Å². The standard InChI is InChI=1S/C14H11ClFNO2/c1-19-14-8-17-5-4-11(14)13(18)7-9-6-10(16)2-3-12(9)15/h2-6,8H,7H2,1H3. The molecule has 0 aliphatic carbocycles. The van der Waals surface area contributed by atoms with Gasteiger partial charge < -0.3 is 4.74 Å².